The van der Waals surface area contributed by atoms with Crippen molar-refractivity contribution in [3.05, 3.63) is 0 Å². The molecule has 0 radical (unpaired) electrons. The fourth-order valence-corrected chi connectivity index (χ4v) is 5.42. The van der Waals surface area contributed by atoms with Gasteiger partial charge in [-0.05, 0) is 30.6 Å². The predicted octanol–water partition coefficient (Wildman–Crippen LogP) is 7.03. The van der Waals surface area contributed by atoms with Gasteiger partial charge in [0.2, 0.25) is 0 Å². The highest BCUT2D eigenvalue weighted by atomic mass is 32.1. The minimum atomic E-state index is 0.316. The topological polar surface area (TPSA) is 0 Å². The highest BCUT2D eigenvalue weighted by molar-refractivity contribution is 7.81. The standard InChI is InChI=1S/C20H38S/c1-17-18-15-13-11-9-7-5-3-4-6-8-10-12-14-16-19(18)20(17,2)21/h17-19,21H,3-16H2,1-2H3. The van der Waals surface area contributed by atoms with Crippen molar-refractivity contribution in [2.45, 2.75) is 108 Å². The van der Waals surface area contributed by atoms with Crippen molar-refractivity contribution in [2.75, 3.05) is 0 Å². The first-order valence-corrected chi connectivity index (χ1v) is 10.3. The van der Waals surface area contributed by atoms with E-state index >= 15 is 0 Å². The second kappa shape index (κ2) is 8.85. The van der Waals surface area contributed by atoms with E-state index in [0.717, 1.165) is 17.8 Å². The molecular weight excluding hydrogens is 272 g/mol. The summed E-state index contributed by atoms with van der Waals surface area (Å²) < 4.78 is 0.316. The average molecular weight is 311 g/mol. The lowest BCUT2D eigenvalue weighted by atomic mass is 9.54. The summed E-state index contributed by atoms with van der Waals surface area (Å²) in [7, 11) is 0. The minimum Gasteiger partial charge on any atom is -0.172 e. The van der Waals surface area contributed by atoms with Gasteiger partial charge in [-0.1, -0.05) is 90.9 Å². The molecule has 0 heterocycles. The summed E-state index contributed by atoms with van der Waals surface area (Å²) in [6.45, 7) is 4.85. The van der Waals surface area contributed by atoms with E-state index in [1.807, 2.05) is 0 Å². The molecule has 0 aromatic carbocycles. The summed E-state index contributed by atoms with van der Waals surface area (Å²) in [6, 6.07) is 0. The van der Waals surface area contributed by atoms with Crippen LogP contribution in [0.15, 0.2) is 0 Å². The third-order valence-corrected chi connectivity index (χ3v) is 7.37. The fourth-order valence-electron chi connectivity index (χ4n) is 4.90. The van der Waals surface area contributed by atoms with Crippen molar-refractivity contribution in [2.24, 2.45) is 17.8 Å². The lowest BCUT2D eigenvalue weighted by molar-refractivity contribution is 0.0174. The molecule has 0 nitrogen and oxygen atoms in total. The van der Waals surface area contributed by atoms with Crippen LogP contribution in [0.5, 0.6) is 0 Å². The van der Waals surface area contributed by atoms with Gasteiger partial charge in [0.25, 0.3) is 0 Å². The van der Waals surface area contributed by atoms with E-state index < -0.39 is 0 Å². The molecule has 0 N–H and O–H groups in total. The van der Waals surface area contributed by atoms with Crippen molar-refractivity contribution >= 4 is 12.6 Å². The fraction of sp³-hybridized carbons (Fsp3) is 1.00. The Morgan fingerprint density at radius 3 is 1.52 bits per heavy atom. The molecule has 2 rings (SSSR count). The molecule has 0 amide bonds. The number of rotatable bonds is 0. The van der Waals surface area contributed by atoms with Crippen LogP contribution in [-0.2, 0) is 0 Å². The van der Waals surface area contributed by atoms with Crippen molar-refractivity contribution < 1.29 is 0 Å². The second-order valence-corrected chi connectivity index (χ2v) is 9.07. The highest BCUT2D eigenvalue weighted by Crippen LogP contribution is 2.57. The Bertz CT molecular complexity index is 284. The molecule has 0 aromatic heterocycles. The molecule has 1 heteroatoms. The third-order valence-electron chi connectivity index (χ3n) is 6.63. The van der Waals surface area contributed by atoms with Gasteiger partial charge in [-0.25, -0.2) is 0 Å². The Morgan fingerprint density at radius 2 is 1.05 bits per heavy atom. The van der Waals surface area contributed by atoms with E-state index in [1.165, 1.54) is 89.9 Å². The second-order valence-electron chi connectivity index (χ2n) is 8.10. The number of hydrogen-bond acceptors (Lipinski definition) is 1. The zero-order valence-corrected chi connectivity index (χ0v) is 15.5. The van der Waals surface area contributed by atoms with E-state index in [-0.39, 0.29) is 0 Å². The number of thiol groups is 1. The van der Waals surface area contributed by atoms with E-state index in [0.29, 0.717) is 4.75 Å². The molecule has 4 atom stereocenters. The lowest BCUT2D eigenvalue weighted by Gasteiger charge is -2.57. The van der Waals surface area contributed by atoms with Gasteiger partial charge in [-0.15, -0.1) is 0 Å². The molecular formula is C20H38S. The average Bonchev–Trinajstić information content (AvgIpc) is 2.46. The molecule has 0 saturated heterocycles. The molecule has 4 unspecified atom stereocenters. The smallest absolute Gasteiger partial charge is 0.0160 e. The summed E-state index contributed by atoms with van der Waals surface area (Å²) in [5.41, 5.74) is 0. The number of hydrogen-bond donors (Lipinski definition) is 1. The first-order valence-electron chi connectivity index (χ1n) is 9.86. The minimum absolute atomic E-state index is 0.316. The van der Waals surface area contributed by atoms with Gasteiger partial charge in [0.05, 0.1) is 0 Å². The Kier molecular flexibility index (Phi) is 7.46. The van der Waals surface area contributed by atoms with Crippen LogP contribution in [0, 0.1) is 17.8 Å². The van der Waals surface area contributed by atoms with Crippen LogP contribution in [0.3, 0.4) is 0 Å². The summed E-state index contributed by atoms with van der Waals surface area (Å²) in [5, 5.41) is 0. The van der Waals surface area contributed by atoms with E-state index in [2.05, 4.69) is 13.8 Å². The molecule has 0 aromatic rings. The Labute approximate surface area is 139 Å². The van der Waals surface area contributed by atoms with E-state index in [4.69, 9.17) is 12.6 Å². The van der Waals surface area contributed by atoms with Crippen molar-refractivity contribution in [1.82, 2.24) is 0 Å². The van der Waals surface area contributed by atoms with Crippen LogP contribution >= 0.6 is 12.6 Å². The van der Waals surface area contributed by atoms with E-state index in [1.54, 1.807) is 0 Å². The molecule has 0 spiro atoms. The van der Waals surface area contributed by atoms with Crippen LogP contribution in [0.1, 0.15) is 104 Å². The molecule has 0 aliphatic heterocycles. The Hall–Kier alpha value is 0.350. The Morgan fingerprint density at radius 1 is 0.667 bits per heavy atom. The third kappa shape index (κ3) is 4.91. The maximum Gasteiger partial charge on any atom is 0.0160 e. The zero-order chi connectivity index (χ0) is 15.1. The maximum absolute atomic E-state index is 5.02. The van der Waals surface area contributed by atoms with Crippen LogP contribution in [0.4, 0.5) is 0 Å². The summed E-state index contributed by atoms with van der Waals surface area (Å²) in [6.07, 6.45) is 20.6. The normalized spacial score (nSPS) is 41.0. The van der Waals surface area contributed by atoms with Crippen LogP contribution in [0.25, 0.3) is 0 Å². The highest BCUT2D eigenvalue weighted by Gasteiger charge is 2.53. The predicted molar refractivity (Wildman–Crippen MR) is 98.2 cm³/mol. The van der Waals surface area contributed by atoms with Gasteiger partial charge < -0.3 is 0 Å². The maximum atomic E-state index is 5.02. The van der Waals surface area contributed by atoms with Gasteiger partial charge in [-0.3, -0.25) is 0 Å². The number of fused-ring (bicyclic) bond motifs is 1. The monoisotopic (exact) mass is 310 g/mol. The van der Waals surface area contributed by atoms with Gasteiger partial charge in [0.1, 0.15) is 0 Å². The molecule has 124 valence electrons. The van der Waals surface area contributed by atoms with Gasteiger partial charge >= 0.3 is 0 Å². The van der Waals surface area contributed by atoms with Gasteiger partial charge in [0, 0.05) is 4.75 Å². The van der Waals surface area contributed by atoms with Gasteiger partial charge in [-0.2, -0.15) is 12.6 Å². The molecule has 0 bridgehead atoms. The van der Waals surface area contributed by atoms with Crippen LogP contribution in [-0.4, -0.2) is 4.75 Å². The summed E-state index contributed by atoms with van der Waals surface area (Å²) >= 11 is 5.02. The lowest BCUT2D eigenvalue weighted by Crippen LogP contribution is -2.55. The van der Waals surface area contributed by atoms with Crippen molar-refractivity contribution in [1.29, 1.82) is 0 Å². The van der Waals surface area contributed by atoms with Crippen LogP contribution in [0.2, 0.25) is 0 Å². The van der Waals surface area contributed by atoms with Gasteiger partial charge in [0.15, 0.2) is 0 Å². The summed E-state index contributed by atoms with van der Waals surface area (Å²) in [5.74, 6) is 2.69. The molecule has 21 heavy (non-hydrogen) atoms. The Balaban J connectivity index is 1.80. The van der Waals surface area contributed by atoms with Crippen LogP contribution < -0.4 is 0 Å². The van der Waals surface area contributed by atoms with Crippen molar-refractivity contribution in [3.63, 3.8) is 0 Å². The molecule has 2 aliphatic carbocycles. The first-order chi connectivity index (χ1) is 10.1. The van der Waals surface area contributed by atoms with Crippen molar-refractivity contribution in [3.8, 4) is 0 Å². The zero-order valence-electron chi connectivity index (χ0n) is 14.6. The first kappa shape index (κ1) is 17.7. The quantitative estimate of drug-likeness (QED) is 0.456. The largest absolute Gasteiger partial charge is 0.172 e. The molecule has 2 aliphatic rings. The molecule has 2 fully saturated rings. The SMILES string of the molecule is CC1C2CCCCCCCCCCCCCCC2C1(C)S. The molecule has 2 saturated carbocycles. The summed E-state index contributed by atoms with van der Waals surface area (Å²) in [4.78, 5) is 0. The van der Waals surface area contributed by atoms with E-state index in [9.17, 15) is 0 Å².